The second kappa shape index (κ2) is 8.23. The van der Waals surface area contributed by atoms with Gasteiger partial charge in [0.1, 0.15) is 0 Å². The van der Waals surface area contributed by atoms with Crippen molar-refractivity contribution in [1.29, 1.82) is 0 Å². The van der Waals surface area contributed by atoms with E-state index in [1.54, 1.807) is 0 Å². The number of hydrogen-bond donors (Lipinski definition) is 1. The van der Waals surface area contributed by atoms with Gasteiger partial charge in [0.05, 0.1) is 0 Å². The van der Waals surface area contributed by atoms with Gasteiger partial charge in [-0.2, -0.15) is 0 Å². The van der Waals surface area contributed by atoms with Crippen molar-refractivity contribution in [2.45, 2.75) is 19.3 Å². The van der Waals surface area contributed by atoms with E-state index in [-0.39, 0.29) is 25.3 Å². The second-order valence-electron chi connectivity index (χ2n) is 2.84. The number of esters is 1. The molecule has 0 unspecified atom stereocenters. The smallest absolute Gasteiger partial charge is 0.357 e. The summed E-state index contributed by atoms with van der Waals surface area (Å²) in [5.74, 6) is 1.29. The molecule has 7 nitrogen and oxygen atoms in total. The number of rotatable bonds is 7. The molecular formula is C9H12N2O5. The lowest BCUT2D eigenvalue weighted by Crippen LogP contribution is -2.18. The number of carbonyl (C=O) groups excluding carboxylic acids is 1. The Balaban J connectivity index is 3.89. The number of carbonyl (C=O) groups is 1. The van der Waals surface area contributed by atoms with Crippen molar-refractivity contribution in [3.63, 3.8) is 0 Å². The molecule has 0 rings (SSSR count). The maximum Gasteiger partial charge on any atom is 0.357 e. The summed E-state index contributed by atoms with van der Waals surface area (Å²) in [5.41, 5.74) is -0.182. The fraction of sp³-hybridized carbons (Fsp3) is 0.556. The number of terminal acetylenes is 1. The summed E-state index contributed by atoms with van der Waals surface area (Å²) in [4.78, 5) is 20.7. The first-order valence-electron chi connectivity index (χ1n) is 4.55. The van der Waals surface area contributed by atoms with Crippen LogP contribution in [0.3, 0.4) is 0 Å². The number of oxime groups is 1. The van der Waals surface area contributed by atoms with Crippen molar-refractivity contribution in [2.24, 2.45) is 5.16 Å². The lowest BCUT2D eigenvalue weighted by Gasteiger charge is -2.02. The Morgan fingerprint density at radius 2 is 2.25 bits per heavy atom. The Kier molecular flexibility index (Phi) is 7.15. The van der Waals surface area contributed by atoms with Gasteiger partial charge >= 0.3 is 5.97 Å². The first kappa shape index (κ1) is 13.9. The molecule has 0 spiro atoms. The highest BCUT2D eigenvalue weighted by molar-refractivity contribution is 6.36. The van der Waals surface area contributed by atoms with Crippen LogP contribution in [0.1, 0.15) is 19.3 Å². The Morgan fingerprint density at radius 1 is 1.56 bits per heavy atom. The standard InChI is InChI=1S/C9H12N2O5/c1-2-7-16-9(12)8(10-13)5-3-4-6-11(14)15/h1,13H,3-7H2. The van der Waals surface area contributed by atoms with Crippen LogP contribution in [0.15, 0.2) is 5.16 Å². The maximum absolute atomic E-state index is 11.1. The lowest BCUT2D eigenvalue weighted by molar-refractivity contribution is -0.480. The van der Waals surface area contributed by atoms with Gasteiger partial charge < -0.3 is 9.94 Å². The normalized spacial score (nSPS) is 10.6. The molecule has 0 aliphatic carbocycles. The molecule has 0 aromatic carbocycles. The fourth-order valence-electron chi connectivity index (χ4n) is 0.917. The Morgan fingerprint density at radius 3 is 2.75 bits per heavy atom. The number of unbranched alkanes of at least 4 members (excludes halogenated alkanes) is 1. The molecular weight excluding hydrogens is 216 g/mol. The van der Waals surface area contributed by atoms with Crippen LogP contribution in [0.5, 0.6) is 0 Å². The summed E-state index contributed by atoms with van der Waals surface area (Å²) in [6.45, 7) is -0.384. The van der Waals surface area contributed by atoms with E-state index in [1.807, 2.05) is 0 Å². The number of nitrogens with zero attached hydrogens (tertiary/aromatic N) is 2. The largest absolute Gasteiger partial charge is 0.448 e. The van der Waals surface area contributed by atoms with Crippen molar-refractivity contribution in [3.8, 4) is 12.3 Å². The molecule has 16 heavy (non-hydrogen) atoms. The van der Waals surface area contributed by atoms with Crippen molar-refractivity contribution in [2.75, 3.05) is 13.2 Å². The van der Waals surface area contributed by atoms with E-state index in [0.29, 0.717) is 12.8 Å². The van der Waals surface area contributed by atoms with Crippen LogP contribution in [0.2, 0.25) is 0 Å². The predicted octanol–water partition coefficient (Wildman–Crippen LogP) is 0.440. The van der Waals surface area contributed by atoms with Gasteiger partial charge in [-0.25, -0.2) is 4.79 Å². The van der Waals surface area contributed by atoms with Gasteiger partial charge in [0.25, 0.3) is 0 Å². The fourth-order valence-corrected chi connectivity index (χ4v) is 0.917. The number of ether oxygens (including phenoxy) is 1. The van der Waals surface area contributed by atoms with Crippen LogP contribution in [0, 0.1) is 22.5 Å². The molecule has 88 valence electrons. The average Bonchev–Trinajstić information content (AvgIpc) is 2.25. The molecule has 0 atom stereocenters. The third-order valence-corrected chi connectivity index (χ3v) is 1.65. The summed E-state index contributed by atoms with van der Waals surface area (Å²) in [7, 11) is 0. The highest BCUT2D eigenvalue weighted by Crippen LogP contribution is 2.00. The molecule has 0 amide bonds. The van der Waals surface area contributed by atoms with Crippen LogP contribution in [0.25, 0.3) is 0 Å². The Bertz CT molecular complexity index is 318. The van der Waals surface area contributed by atoms with E-state index >= 15 is 0 Å². The van der Waals surface area contributed by atoms with Crippen LogP contribution in [-0.2, 0) is 9.53 Å². The minimum atomic E-state index is -0.804. The quantitative estimate of drug-likeness (QED) is 0.129. The van der Waals surface area contributed by atoms with Crippen LogP contribution in [-0.4, -0.2) is 35.0 Å². The summed E-state index contributed by atoms with van der Waals surface area (Å²) in [6.07, 6.45) is 5.65. The highest BCUT2D eigenvalue weighted by atomic mass is 16.6. The summed E-state index contributed by atoms with van der Waals surface area (Å²) >= 11 is 0. The van der Waals surface area contributed by atoms with E-state index < -0.39 is 10.9 Å². The molecule has 7 heteroatoms. The molecule has 0 heterocycles. The molecule has 0 aliphatic rings. The molecule has 0 bridgehead atoms. The van der Waals surface area contributed by atoms with Gasteiger partial charge in [-0.05, 0) is 6.42 Å². The molecule has 0 saturated carbocycles. The third kappa shape index (κ3) is 6.37. The highest BCUT2D eigenvalue weighted by Gasteiger charge is 2.13. The SMILES string of the molecule is C#CCOC(=O)C(CCCC[N+](=O)[O-])=NO. The minimum Gasteiger partial charge on any atom is -0.448 e. The van der Waals surface area contributed by atoms with Crippen molar-refractivity contribution < 1.29 is 19.7 Å². The first-order valence-corrected chi connectivity index (χ1v) is 4.55. The van der Waals surface area contributed by atoms with Crippen molar-refractivity contribution >= 4 is 11.7 Å². The van der Waals surface area contributed by atoms with Crippen molar-refractivity contribution in [3.05, 3.63) is 10.1 Å². The Labute approximate surface area is 92.2 Å². The summed E-state index contributed by atoms with van der Waals surface area (Å²) < 4.78 is 4.52. The van der Waals surface area contributed by atoms with Gasteiger partial charge in [0.15, 0.2) is 12.3 Å². The Hall–Kier alpha value is -2.10. The second-order valence-corrected chi connectivity index (χ2v) is 2.84. The molecule has 0 fully saturated rings. The van der Waals surface area contributed by atoms with Crippen LogP contribution in [0.4, 0.5) is 0 Å². The van der Waals surface area contributed by atoms with Gasteiger partial charge in [0, 0.05) is 17.8 Å². The summed E-state index contributed by atoms with van der Waals surface area (Å²) in [6, 6.07) is 0. The first-order chi connectivity index (χ1) is 7.61. The van der Waals surface area contributed by atoms with E-state index in [2.05, 4.69) is 15.8 Å². The summed E-state index contributed by atoms with van der Waals surface area (Å²) in [5, 5.41) is 21.3. The van der Waals surface area contributed by atoms with Crippen LogP contribution >= 0.6 is 0 Å². The molecule has 0 saturated heterocycles. The van der Waals surface area contributed by atoms with Gasteiger partial charge in [0.2, 0.25) is 6.54 Å². The minimum absolute atomic E-state index is 0.119. The van der Waals surface area contributed by atoms with Crippen LogP contribution < -0.4 is 0 Å². The third-order valence-electron chi connectivity index (χ3n) is 1.65. The molecule has 0 aromatic rings. The average molecular weight is 228 g/mol. The molecule has 0 aromatic heterocycles. The zero-order chi connectivity index (χ0) is 12.4. The van der Waals surface area contributed by atoms with Gasteiger partial charge in [-0.3, -0.25) is 10.1 Å². The van der Waals surface area contributed by atoms with Crippen molar-refractivity contribution in [1.82, 2.24) is 0 Å². The zero-order valence-electron chi connectivity index (χ0n) is 8.59. The van der Waals surface area contributed by atoms with E-state index in [0.717, 1.165) is 0 Å². The number of hydrogen-bond acceptors (Lipinski definition) is 6. The maximum atomic E-state index is 11.1. The predicted molar refractivity (Wildman–Crippen MR) is 54.7 cm³/mol. The number of nitro groups is 1. The van der Waals surface area contributed by atoms with E-state index in [1.165, 1.54) is 0 Å². The van der Waals surface area contributed by atoms with Gasteiger partial charge in [-0.1, -0.05) is 11.1 Å². The zero-order valence-corrected chi connectivity index (χ0v) is 8.59. The van der Waals surface area contributed by atoms with E-state index in [9.17, 15) is 14.9 Å². The molecule has 0 aliphatic heterocycles. The van der Waals surface area contributed by atoms with Gasteiger partial charge in [-0.15, -0.1) is 6.42 Å². The lowest BCUT2D eigenvalue weighted by atomic mass is 10.1. The van der Waals surface area contributed by atoms with E-state index in [4.69, 9.17) is 11.6 Å². The molecule has 1 N–H and O–H groups in total. The molecule has 0 radical (unpaired) electrons. The topological polar surface area (TPSA) is 102 Å². The monoisotopic (exact) mass is 228 g/mol.